The van der Waals surface area contributed by atoms with Crippen LogP contribution in [-0.2, 0) is 6.54 Å². The number of methoxy groups -OCH3 is 1. The van der Waals surface area contributed by atoms with Gasteiger partial charge in [0.1, 0.15) is 5.75 Å². The normalized spacial score (nSPS) is 14.0. The molecule has 3 aromatic rings. The van der Waals surface area contributed by atoms with Crippen molar-refractivity contribution in [3.8, 4) is 29.0 Å². The molecule has 5 nitrogen and oxygen atoms in total. The van der Waals surface area contributed by atoms with E-state index in [4.69, 9.17) is 4.74 Å². The van der Waals surface area contributed by atoms with Crippen LogP contribution < -0.4 is 9.64 Å². The number of anilines is 1. The second kappa shape index (κ2) is 9.34. The number of piperazine rings is 1. The summed E-state index contributed by atoms with van der Waals surface area (Å²) in [5.41, 5.74) is 5.63. The molecule has 1 heterocycles. The minimum Gasteiger partial charge on any atom is -0.495 e. The molecule has 1 aliphatic heterocycles. The van der Waals surface area contributed by atoms with Crippen LogP contribution in [0.5, 0.6) is 5.75 Å². The highest BCUT2D eigenvalue weighted by Crippen LogP contribution is 2.30. The van der Waals surface area contributed by atoms with Gasteiger partial charge in [-0.25, -0.2) is 0 Å². The van der Waals surface area contributed by atoms with Gasteiger partial charge >= 0.3 is 0 Å². The van der Waals surface area contributed by atoms with Crippen molar-refractivity contribution in [3.05, 3.63) is 83.4 Å². The summed E-state index contributed by atoms with van der Waals surface area (Å²) in [6.07, 6.45) is 0. The monoisotopic (exact) mass is 408 g/mol. The summed E-state index contributed by atoms with van der Waals surface area (Å²) in [5, 5.41) is 18.6. The van der Waals surface area contributed by atoms with Gasteiger partial charge in [-0.2, -0.15) is 10.5 Å². The van der Waals surface area contributed by atoms with E-state index in [2.05, 4.69) is 46.2 Å². The lowest BCUT2D eigenvalue weighted by Crippen LogP contribution is -2.46. The van der Waals surface area contributed by atoms with E-state index in [1.165, 1.54) is 5.56 Å². The molecule has 3 aromatic carbocycles. The average Bonchev–Trinajstić information content (AvgIpc) is 2.84. The molecule has 1 fully saturated rings. The smallest absolute Gasteiger partial charge is 0.142 e. The first-order valence-electron chi connectivity index (χ1n) is 10.4. The first kappa shape index (κ1) is 20.5. The van der Waals surface area contributed by atoms with Crippen molar-refractivity contribution < 1.29 is 4.74 Å². The third kappa shape index (κ3) is 4.53. The fourth-order valence-electron chi connectivity index (χ4n) is 4.03. The first-order chi connectivity index (χ1) is 15.2. The average molecular weight is 409 g/mol. The number of nitriles is 2. The molecule has 31 heavy (non-hydrogen) atoms. The third-order valence-electron chi connectivity index (χ3n) is 5.74. The molecule has 0 bridgehead atoms. The molecule has 0 aromatic heterocycles. The number of nitrogens with zero attached hydrogens (tertiary/aromatic N) is 4. The lowest BCUT2D eigenvalue weighted by atomic mass is 9.99. The molecule has 0 amide bonds. The Kier molecular flexibility index (Phi) is 6.17. The molecule has 5 heteroatoms. The number of hydrogen-bond acceptors (Lipinski definition) is 5. The largest absolute Gasteiger partial charge is 0.495 e. The van der Waals surface area contributed by atoms with E-state index in [9.17, 15) is 10.5 Å². The lowest BCUT2D eigenvalue weighted by molar-refractivity contribution is 0.249. The summed E-state index contributed by atoms with van der Waals surface area (Å²) in [6.45, 7) is 4.55. The van der Waals surface area contributed by atoms with Gasteiger partial charge in [0.2, 0.25) is 0 Å². The van der Waals surface area contributed by atoms with Crippen LogP contribution in [-0.4, -0.2) is 38.2 Å². The van der Waals surface area contributed by atoms with Gasteiger partial charge in [-0.15, -0.1) is 0 Å². The molecular weight excluding hydrogens is 384 g/mol. The highest BCUT2D eigenvalue weighted by Gasteiger charge is 2.20. The summed E-state index contributed by atoms with van der Waals surface area (Å²) in [5.74, 6) is 0.806. The maximum absolute atomic E-state index is 9.33. The summed E-state index contributed by atoms with van der Waals surface area (Å²) < 4.78 is 5.50. The van der Waals surface area contributed by atoms with Crippen LogP contribution in [0, 0.1) is 22.7 Å². The SMILES string of the molecule is COc1ccc(C#N)cc1N1CCN(Cc2ccc(-c3ccccc3C#N)cc2)CC1. The van der Waals surface area contributed by atoms with Gasteiger partial charge in [0.15, 0.2) is 0 Å². The van der Waals surface area contributed by atoms with Crippen molar-refractivity contribution >= 4 is 5.69 Å². The second-order valence-corrected chi connectivity index (χ2v) is 7.62. The summed E-state index contributed by atoms with van der Waals surface area (Å²) >= 11 is 0. The number of rotatable bonds is 5. The highest BCUT2D eigenvalue weighted by molar-refractivity contribution is 5.70. The van der Waals surface area contributed by atoms with E-state index in [0.29, 0.717) is 11.1 Å². The summed E-state index contributed by atoms with van der Waals surface area (Å²) in [6, 6.07) is 26.2. The predicted octanol–water partition coefficient (Wildman–Crippen LogP) is 4.43. The molecule has 154 valence electrons. The zero-order valence-corrected chi connectivity index (χ0v) is 17.6. The van der Waals surface area contributed by atoms with E-state index in [1.807, 2.05) is 36.4 Å². The van der Waals surface area contributed by atoms with Crippen molar-refractivity contribution in [1.82, 2.24) is 4.90 Å². The lowest BCUT2D eigenvalue weighted by Gasteiger charge is -2.36. The van der Waals surface area contributed by atoms with E-state index < -0.39 is 0 Å². The maximum Gasteiger partial charge on any atom is 0.142 e. The summed E-state index contributed by atoms with van der Waals surface area (Å²) in [7, 11) is 1.67. The van der Waals surface area contributed by atoms with Crippen molar-refractivity contribution in [2.24, 2.45) is 0 Å². The van der Waals surface area contributed by atoms with Crippen molar-refractivity contribution in [3.63, 3.8) is 0 Å². The van der Waals surface area contributed by atoms with Crippen molar-refractivity contribution in [2.45, 2.75) is 6.54 Å². The fraction of sp³-hybridized carbons (Fsp3) is 0.231. The maximum atomic E-state index is 9.33. The fourth-order valence-corrected chi connectivity index (χ4v) is 4.03. The van der Waals surface area contributed by atoms with E-state index in [0.717, 1.165) is 55.3 Å². The van der Waals surface area contributed by atoms with Gasteiger partial charge in [0.05, 0.1) is 36.1 Å². The Labute approximate surface area is 183 Å². The van der Waals surface area contributed by atoms with Gasteiger partial charge in [0.25, 0.3) is 0 Å². The van der Waals surface area contributed by atoms with E-state index in [1.54, 1.807) is 13.2 Å². The van der Waals surface area contributed by atoms with Crippen LogP contribution in [0.1, 0.15) is 16.7 Å². The molecule has 0 N–H and O–H groups in total. The Morgan fingerprint density at radius 2 is 1.61 bits per heavy atom. The van der Waals surface area contributed by atoms with Crippen LogP contribution in [0.15, 0.2) is 66.7 Å². The molecule has 0 unspecified atom stereocenters. The highest BCUT2D eigenvalue weighted by atomic mass is 16.5. The van der Waals surface area contributed by atoms with E-state index in [-0.39, 0.29) is 0 Å². The Morgan fingerprint density at radius 3 is 2.29 bits per heavy atom. The molecule has 0 saturated carbocycles. The van der Waals surface area contributed by atoms with Crippen LogP contribution in [0.4, 0.5) is 5.69 Å². The number of benzene rings is 3. The zero-order valence-electron chi connectivity index (χ0n) is 17.6. The van der Waals surface area contributed by atoms with Crippen LogP contribution in [0.3, 0.4) is 0 Å². The molecule has 0 radical (unpaired) electrons. The molecule has 0 spiro atoms. The number of hydrogen-bond donors (Lipinski definition) is 0. The zero-order chi connectivity index (χ0) is 21.6. The van der Waals surface area contributed by atoms with Gasteiger partial charge in [-0.3, -0.25) is 4.90 Å². The second-order valence-electron chi connectivity index (χ2n) is 7.62. The molecule has 0 aliphatic carbocycles. The Morgan fingerprint density at radius 1 is 0.871 bits per heavy atom. The summed E-state index contributed by atoms with van der Waals surface area (Å²) in [4.78, 5) is 4.73. The van der Waals surface area contributed by atoms with Gasteiger partial charge < -0.3 is 9.64 Å². The Bertz CT molecular complexity index is 1130. The van der Waals surface area contributed by atoms with Gasteiger partial charge in [0, 0.05) is 32.7 Å². The van der Waals surface area contributed by atoms with Gasteiger partial charge in [-0.1, -0.05) is 42.5 Å². The standard InChI is InChI=1S/C26H24N4O/c1-31-26-11-8-21(17-27)16-25(26)30-14-12-29(13-15-30)19-20-6-9-22(10-7-20)24-5-3-2-4-23(24)18-28/h2-11,16H,12-15,19H2,1H3. The third-order valence-corrected chi connectivity index (χ3v) is 5.74. The van der Waals surface area contributed by atoms with Crippen LogP contribution in [0.25, 0.3) is 11.1 Å². The van der Waals surface area contributed by atoms with Gasteiger partial charge in [-0.05, 0) is 41.0 Å². The van der Waals surface area contributed by atoms with Crippen LogP contribution >= 0.6 is 0 Å². The first-order valence-corrected chi connectivity index (χ1v) is 10.4. The van der Waals surface area contributed by atoms with Crippen LogP contribution in [0.2, 0.25) is 0 Å². The molecular formula is C26H24N4O. The predicted molar refractivity (Wildman–Crippen MR) is 122 cm³/mol. The minimum absolute atomic E-state index is 0.649. The minimum atomic E-state index is 0.649. The van der Waals surface area contributed by atoms with Crippen molar-refractivity contribution in [1.29, 1.82) is 10.5 Å². The Hall–Kier alpha value is -3.80. The topological polar surface area (TPSA) is 63.3 Å². The Balaban J connectivity index is 1.40. The quantitative estimate of drug-likeness (QED) is 0.625. The number of ether oxygens (including phenoxy) is 1. The molecule has 4 rings (SSSR count). The van der Waals surface area contributed by atoms with Crippen molar-refractivity contribution in [2.75, 3.05) is 38.2 Å². The van der Waals surface area contributed by atoms with E-state index >= 15 is 0 Å². The molecule has 1 aliphatic rings. The molecule has 1 saturated heterocycles. The molecule has 0 atom stereocenters.